The van der Waals surface area contributed by atoms with Gasteiger partial charge in [-0.3, -0.25) is 9.59 Å². The molecule has 224 valence electrons. The molecule has 4 aromatic rings. The minimum atomic E-state index is -4.99. The zero-order chi connectivity index (χ0) is 31.0. The van der Waals surface area contributed by atoms with Crippen molar-refractivity contribution in [2.75, 3.05) is 5.32 Å². The average Bonchev–Trinajstić information content (AvgIpc) is 2.87. The maximum atomic E-state index is 14.9. The summed E-state index contributed by atoms with van der Waals surface area (Å²) in [5.41, 5.74) is -7.04. The van der Waals surface area contributed by atoms with Gasteiger partial charge in [-0.1, -0.05) is 0 Å². The lowest BCUT2D eigenvalue weighted by Gasteiger charge is -2.31. The number of nitrogens with zero attached hydrogens (tertiary/aromatic N) is 4. The molecule has 9 nitrogen and oxygen atoms in total. The monoisotopic (exact) mass is 600 g/mol. The molecule has 16 heteroatoms. The Labute approximate surface area is 232 Å². The van der Waals surface area contributed by atoms with E-state index in [0.717, 1.165) is 12.3 Å². The normalized spacial score (nSPS) is 13.4. The molecule has 0 radical (unpaired) electrons. The highest BCUT2D eigenvalue weighted by atomic mass is 19.4. The van der Waals surface area contributed by atoms with E-state index in [2.05, 4.69) is 20.4 Å². The Morgan fingerprint density at radius 3 is 2.29 bits per heavy atom. The molecule has 0 spiro atoms. The number of hydrogen-bond donors (Lipinski definition) is 3. The fraction of sp³-hybridized carbons (Fsp3) is 0.346. The largest absolute Gasteiger partial charge is 0.423 e. The summed E-state index contributed by atoms with van der Waals surface area (Å²) in [6.07, 6.45) is -6.20. The second kappa shape index (κ2) is 11.2. The van der Waals surface area contributed by atoms with Gasteiger partial charge in [0.25, 0.3) is 11.1 Å². The standard InChI is InChI=1S/C26H23F7N6O3/c1-24(2,42)19(37-18-12-36-38-22(40)20(18)26(31,32)33)4-3-6-39-7-5-13-8-16(17(27)9-15(13)23(39)41)21-34-10-14(11-35-21)25(28,29)30/h5,7-12,19,42H,3-4,6H2,1-2H3,(H2,37,38,40). The van der Waals surface area contributed by atoms with E-state index in [1.807, 2.05) is 0 Å². The second-order valence-electron chi connectivity index (χ2n) is 10.0. The summed E-state index contributed by atoms with van der Waals surface area (Å²) in [6, 6.07) is 2.64. The number of hydrogen-bond acceptors (Lipinski definition) is 7. The summed E-state index contributed by atoms with van der Waals surface area (Å²) < 4.78 is 94.9. The topological polar surface area (TPSA) is 126 Å². The molecule has 1 atom stereocenters. The Morgan fingerprint density at radius 1 is 1.02 bits per heavy atom. The fourth-order valence-corrected chi connectivity index (χ4v) is 4.31. The third-order valence-corrected chi connectivity index (χ3v) is 6.50. The van der Waals surface area contributed by atoms with Gasteiger partial charge in [-0.25, -0.2) is 19.5 Å². The second-order valence-corrected chi connectivity index (χ2v) is 10.0. The molecule has 0 fully saturated rings. The first kappa shape index (κ1) is 30.6. The van der Waals surface area contributed by atoms with Crippen LogP contribution in [-0.2, 0) is 18.9 Å². The SMILES string of the molecule is CC(C)(O)C(CCCn1ccc2cc(-c3ncc(C(F)(F)F)cn3)c(F)cc2c1=O)Nc1cn[nH]c(=O)c1C(F)(F)F. The third kappa shape index (κ3) is 6.58. The molecule has 1 aromatic carbocycles. The third-order valence-electron chi connectivity index (χ3n) is 6.50. The molecular weight excluding hydrogens is 577 g/mol. The fourth-order valence-electron chi connectivity index (χ4n) is 4.31. The van der Waals surface area contributed by atoms with Crippen molar-refractivity contribution >= 4 is 16.5 Å². The van der Waals surface area contributed by atoms with Crippen molar-refractivity contribution < 1.29 is 35.8 Å². The molecule has 0 saturated heterocycles. The summed E-state index contributed by atoms with van der Waals surface area (Å²) in [4.78, 5) is 32.0. The molecule has 1 unspecified atom stereocenters. The number of pyridine rings is 1. The first-order valence-electron chi connectivity index (χ1n) is 12.3. The van der Waals surface area contributed by atoms with E-state index in [1.54, 1.807) is 5.10 Å². The predicted octanol–water partition coefficient (Wildman–Crippen LogP) is 4.75. The minimum absolute atomic E-state index is 0.0350. The van der Waals surface area contributed by atoms with Crippen molar-refractivity contribution in [3.8, 4) is 11.4 Å². The summed E-state index contributed by atoms with van der Waals surface area (Å²) in [5.74, 6) is -1.24. The highest BCUT2D eigenvalue weighted by Gasteiger charge is 2.39. The first-order chi connectivity index (χ1) is 19.5. The van der Waals surface area contributed by atoms with E-state index in [4.69, 9.17) is 0 Å². The molecule has 4 rings (SSSR count). The van der Waals surface area contributed by atoms with Gasteiger partial charge in [0.15, 0.2) is 5.82 Å². The number of fused-ring (bicyclic) bond motifs is 1. The van der Waals surface area contributed by atoms with E-state index in [0.29, 0.717) is 12.4 Å². The smallest absolute Gasteiger partial charge is 0.388 e. The number of alkyl halides is 6. The molecule has 3 heterocycles. The molecule has 0 aliphatic carbocycles. The average molecular weight is 600 g/mol. The van der Waals surface area contributed by atoms with Crippen LogP contribution in [0.25, 0.3) is 22.2 Å². The van der Waals surface area contributed by atoms with Gasteiger partial charge in [0.1, 0.15) is 11.4 Å². The predicted molar refractivity (Wildman–Crippen MR) is 137 cm³/mol. The quantitative estimate of drug-likeness (QED) is 0.249. The van der Waals surface area contributed by atoms with E-state index < -0.39 is 57.7 Å². The number of benzene rings is 1. The lowest BCUT2D eigenvalue weighted by molar-refractivity contribution is -0.139. The van der Waals surface area contributed by atoms with Crippen LogP contribution in [-0.4, -0.2) is 41.5 Å². The highest BCUT2D eigenvalue weighted by molar-refractivity contribution is 5.86. The van der Waals surface area contributed by atoms with Crippen molar-refractivity contribution in [2.24, 2.45) is 0 Å². The van der Waals surface area contributed by atoms with Gasteiger partial charge in [-0.05, 0) is 50.3 Å². The number of aliphatic hydroxyl groups is 1. The van der Waals surface area contributed by atoms with Gasteiger partial charge in [-0.15, -0.1) is 0 Å². The Morgan fingerprint density at radius 2 is 1.69 bits per heavy atom. The molecule has 0 aliphatic rings. The van der Waals surface area contributed by atoms with Crippen molar-refractivity contribution in [2.45, 2.75) is 57.2 Å². The first-order valence-corrected chi connectivity index (χ1v) is 12.3. The van der Waals surface area contributed by atoms with Crippen molar-refractivity contribution in [3.05, 3.63) is 80.6 Å². The maximum absolute atomic E-state index is 14.9. The van der Waals surface area contributed by atoms with Crippen LogP contribution in [0.4, 0.5) is 36.4 Å². The Balaban J connectivity index is 1.54. The summed E-state index contributed by atoms with van der Waals surface area (Å²) in [7, 11) is 0. The number of anilines is 1. The van der Waals surface area contributed by atoms with Crippen LogP contribution >= 0.6 is 0 Å². The zero-order valence-electron chi connectivity index (χ0n) is 21.9. The van der Waals surface area contributed by atoms with Crippen LogP contribution in [0, 0.1) is 5.82 Å². The highest BCUT2D eigenvalue weighted by Crippen LogP contribution is 2.33. The number of nitrogens with one attached hydrogen (secondary N) is 2. The number of H-pyrrole nitrogens is 1. The van der Waals surface area contributed by atoms with Gasteiger partial charge in [0, 0.05) is 25.1 Å². The van der Waals surface area contributed by atoms with Crippen LogP contribution in [0.5, 0.6) is 0 Å². The lowest BCUT2D eigenvalue weighted by atomic mass is 9.94. The Kier molecular flexibility index (Phi) is 8.13. The van der Waals surface area contributed by atoms with Gasteiger partial charge in [0.2, 0.25) is 0 Å². The number of halogens is 7. The van der Waals surface area contributed by atoms with Crippen LogP contribution in [0.2, 0.25) is 0 Å². The molecule has 0 aliphatic heterocycles. The van der Waals surface area contributed by atoms with E-state index >= 15 is 0 Å². The van der Waals surface area contributed by atoms with Crippen LogP contribution in [0.1, 0.15) is 37.8 Å². The molecular formula is C26H23F7N6O3. The van der Waals surface area contributed by atoms with Gasteiger partial charge in [-0.2, -0.15) is 31.4 Å². The van der Waals surface area contributed by atoms with E-state index in [-0.39, 0.29) is 41.5 Å². The van der Waals surface area contributed by atoms with Crippen molar-refractivity contribution in [3.63, 3.8) is 0 Å². The Hall–Kier alpha value is -4.34. The Bertz CT molecular complexity index is 1710. The van der Waals surface area contributed by atoms with Crippen LogP contribution < -0.4 is 16.4 Å². The zero-order valence-corrected chi connectivity index (χ0v) is 21.9. The molecule has 3 aromatic heterocycles. The van der Waals surface area contributed by atoms with E-state index in [9.17, 15) is 45.4 Å². The van der Waals surface area contributed by atoms with Crippen LogP contribution in [0.3, 0.4) is 0 Å². The summed E-state index contributed by atoms with van der Waals surface area (Å²) in [5, 5.41) is 18.5. The summed E-state index contributed by atoms with van der Waals surface area (Å²) in [6.45, 7) is 2.76. The number of rotatable bonds is 8. The summed E-state index contributed by atoms with van der Waals surface area (Å²) >= 11 is 0. The van der Waals surface area contributed by atoms with Crippen molar-refractivity contribution in [1.29, 1.82) is 0 Å². The number of aromatic nitrogens is 5. The van der Waals surface area contributed by atoms with E-state index in [1.165, 1.54) is 36.7 Å². The molecule has 0 saturated carbocycles. The van der Waals surface area contributed by atoms with Gasteiger partial charge >= 0.3 is 12.4 Å². The lowest BCUT2D eigenvalue weighted by Crippen LogP contribution is -2.43. The minimum Gasteiger partial charge on any atom is -0.388 e. The van der Waals surface area contributed by atoms with Crippen LogP contribution in [0.15, 0.2) is 52.6 Å². The van der Waals surface area contributed by atoms with Crippen molar-refractivity contribution in [1.82, 2.24) is 24.7 Å². The molecule has 42 heavy (non-hydrogen) atoms. The number of aromatic amines is 1. The molecule has 0 amide bonds. The van der Waals surface area contributed by atoms with Gasteiger partial charge in [0.05, 0.1) is 40.0 Å². The van der Waals surface area contributed by atoms with Gasteiger partial charge < -0.3 is 15.0 Å². The molecule has 0 bridgehead atoms. The molecule has 3 N–H and O–H groups in total. The maximum Gasteiger partial charge on any atom is 0.423 e. The number of aryl methyl sites for hydroxylation is 1.